The number of benzene rings is 1. The maximum absolute atomic E-state index is 13.7. The first-order valence-electron chi connectivity index (χ1n) is 5.88. The number of aromatic amines is 1. The first-order chi connectivity index (χ1) is 9.01. The highest BCUT2D eigenvalue weighted by Gasteiger charge is 2.13. The molecule has 0 radical (unpaired) electrons. The fourth-order valence-electron chi connectivity index (χ4n) is 1.71. The average molecular weight is 329 g/mol. The van der Waals surface area contributed by atoms with Crippen molar-refractivity contribution < 1.29 is 14.3 Å². The largest absolute Gasteiger partial charge is 0.396 e. The van der Waals surface area contributed by atoms with E-state index >= 15 is 0 Å². The Kier molecular flexibility index (Phi) is 4.21. The van der Waals surface area contributed by atoms with Gasteiger partial charge in [0, 0.05) is 23.0 Å². The molecule has 1 heterocycles. The van der Waals surface area contributed by atoms with Crippen LogP contribution < -0.4 is 5.32 Å². The summed E-state index contributed by atoms with van der Waals surface area (Å²) in [7, 11) is 0. The lowest BCUT2D eigenvalue weighted by atomic mass is 10.2. The van der Waals surface area contributed by atoms with Crippen molar-refractivity contribution in [2.45, 2.75) is 6.92 Å². The lowest BCUT2D eigenvalue weighted by Crippen LogP contribution is -2.29. The minimum Gasteiger partial charge on any atom is -0.396 e. The first kappa shape index (κ1) is 14.0. The number of carbonyl (C=O) groups is 1. The van der Waals surface area contributed by atoms with Crippen LogP contribution in [-0.2, 0) is 0 Å². The molecule has 2 rings (SSSR count). The van der Waals surface area contributed by atoms with Crippen molar-refractivity contribution >= 4 is 32.7 Å². The Hall–Kier alpha value is -1.40. The fourth-order valence-corrected chi connectivity index (χ4v) is 2.14. The number of amides is 1. The second kappa shape index (κ2) is 5.71. The quantitative estimate of drug-likeness (QED) is 0.807. The zero-order chi connectivity index (χ0) is 14.0. The van der Waals surface area contributed by atoms with Crippen LogP contribution in [-0.4, -0.2) is 29.1 Å². The summed E-state index contributed by atoms with van der Waals surface area (Å²) in [4.78, 5) is 14.7. The number of H-pyrrole nitrogens is 1. The number of fused-ring (bicyclic) bond motifs is 1. The molecule has 1 aromatic heterocycles. The third kappa shape index (κ3) is 3.13. The van der Waals surface area contributed by atoms with Gasteiger partial charge in [-0.15, -0.1) is 0 Å². The highest BCUT2D eigenvalue weighted by molar-refractivity contribution is 9.10. The van der Waals surface area contributed by atoms with E-state index in [9.17, 15) is 9.18 Å². The monoisotopic (exact) mass is 328 g/mol. The SMILES string of the molecule is CC(CO)CNC(=O)c1cc2c(F)cc(Br)cc2[nH]1. The van der Waals surface area contributed by atoms with Gasteiger partial charge in [-0.1, -0.05) is 22.9 Å². The average Bonchev–Trinajstić information content (AvgIpc) is 2.79. The van der Waals surface area contributed by atoms with Crippen molar-refractivity contribution in [1.29, 1.82) is 0 Å². The number of aromatic nitrogens is 1. The van der Waals surface area contributed by atoms with E-state index in [1.807, 2.05) is 6.92 Å². The number of hydrogen-bond acceptors (Lipinski definition) is 2. The van der Waals surface area contributed by atoms with Crippen LogP contribution in [0.1, 0.15) is 17.4 Å². The summed E-state index contributed by atoms with van der Waals surface area (Å²) in [5.41, 5.74) is 0.865. The maximum atomic E-state index is 13.7. The molecule has 0 aliphatic carbocycles. The number of nitrogens with one attached hydrogen (secondary N) is 2. The Morgan fingerprint density at radius 3 is 2.95 bits per heavy atom. The molecule has 102 valence electrons. The van der Waals surface area contributed by atoms with Gasteiger partial charge in [0.2, 0.25) is 0 Å². The summed E-state index contributed by atoms with van der Waals surface area (Å²) in [6.07, 6.45) is 0. The molecule has 0 saturated heterocycles. The normalized spacial score (nSPS) is 12.6. The third-order valence-electron chi connectivity index (χ3n) is 2.82. The van der Waals surface area contributed by atoms with Crippen molar-refractivity contribution in [1.82, 2.24) is 10.3 Å². The lowest BCUT2D eigenvalue weighted by Gasteiger charge is -2.08. The Morgan fingerprint density at radius 2 is 2.26 bits per heavy atom. The molecular weight excluding hydrogens is 315 g/mol. The number of hydrogen-bond donors (Lipinski definition) is 3. The number of halogens is 2. The highest BCUT2D eigenvalue weighted by Crippen LogP contribution is 2.23. The Labute approximate surface area is 118 Å². The van der Waals surface area contributed by atoms with Gasteiger partial charge in [-0.2, -0.15) is 0 Å². The van der Waals surface area contributed by atoms with Crippen LogP contribution in [0, 0.1) is 11.7 Å². The topological polar surface area (TPSA) is 65.1 Å². The number of aliphatic hydroxyl groups is 1. The Morgan fingerprint density at radius 1 is 1.53 bits per heavy atom. The standard InChI is InChI=1S/C13H14BrFN2O2/c1-7(6-18)5-16-13(19)12-4-9-10(15)2-8(14)3-11(9)17-12/h2-4,7,17-18H,5-6H2,1H3,(H,16,19). The summed E-state index contributed by atoms with van der Waals surface area (Å²) in [5, 5.41) is 11.9. The van der Waals surface area contributed by atoms with Gasteiger partial charge in [0.05, 0.1) is 5.52 Å². The van der Waals surface area contributed by atoms with Gasteiger partial charge >= 0.3 is 0 Å². The molecule has 4 nitrogen and oxygen atoms in total. The van der Waals surface area contributed by atoms with Crippen molar-refractivity contribution in [2.24, 2.45) is 5.92 Å². The van der Waals surface area contributed by atoms with Crippen LogP contribution in [0.25, 0.3) is 10.9 Å². The van der Waals surface area contributed by atoms with Crippen LogP contribution in [0.15, 0.2) is 22.7 Å². The second-order valence-electron chi connectivity index (χ2n) is 4.53. The van der Waals surface area contributed by atoms with E-state index in [0.29, 0.717) is 27.6 Å². The molecule has 1 atom stereocenters. The minimum absolute atomic E-state index is 0.00849. The molecule has 3 N–H and O–H groups in total. The number of aliphatic hydroxyl groups excluding tert-OH is 1. The number of rotatable bonds is 4. The lowest BCUT2D eigenvalue weighted by molar-refractivity contribution is 0.0938. The van der Waals surface area contributed by atoms with Crippen molar-refractivity contribution in [2.75, 3.05) is 13.2 Å². The van der Waals surface area contributed by atoms with Gasteiger partial charge in [0.25, 0.3) is 5.91 Å². The predicted molar refractivity (Wildman–Crippen MR) is 74.5 cm³/mol. The third-order valence-corrected chi connectivity index (χ3v) is 3.28. The molecule has 19 heavy (non-hydrogen) atoms. The van der Waals surface area contributed by atoms with Crippen molar-refractivity contribution in [3.8, 4) is 0 Å². The van der Waals surface area contributed by atoms with Gasteiger partial charge < -0.3 is 15.4 Å². The molecule has 0 fully saturated rings. The molecule has 1 aromatic carbocycles. The van der Waals surface area contributed by atoms with Gasteiger partial charge in [-0.3, -0.25) is 4.79 Å². The summed E-state index contributed by atoms with van der Waals surface area (Å²) in [5.74, 6) is -0.713. The highest BCUT2D eigenvalue weighted by atomic mass is 79.9. The van der Waals surface area contributed by atoms with Crippen LogP contribution in [0.4, 0.5) is 4.39 Å². The number of carbonyl (C=O) groups excluding carboxylic acids is 1. The van der Waals surface area contributed by atoms with Gasteiger partial charge in [0.1, 0.15) is 11.5 Å². The maximum Gasteiger partial charge on any atom is 0.267 e. The van der Waals surface area contributed by atoms with E-state index in [-0.39, 0.29) is 24.2 Å². The summed E-state index contributed by atoms with van der Waals surface area (Å²) in [6.45, 7) is 2.20. The van der Waals surface area contributed by atoms with Crippen LogP contribution >= 0.6 is 15.9 Å². The molecule has 0 bridgehead atoms. The van der Waals surface area contributed by atoms with Crippen molar-refractivity contribution in [3.63, 3.8) is 0 Å². The van der Waals surface area contributed by atoms with Crippen LogP contribution in [0.3, 0.4) is 0 Å². The summed E-state index contributed by atoms with van der Waals surface area (Å²) >= 11 is 3.20. The molecule has 0 spiro atoms. The predicted octanol–water partition coefficient (Wildman–Crippen LogP) is 2.43. The van der Waals surface area contributed by atoms with E-state index < -0.39 is 0 Å². The van der Waals surface area contributed by atoms with Crippen LogP contribution in [0.5, 0.6) is 0 Å². The Bertz CT molecular complexity index is 612. The van der Waals surface area contributed by atoms with E-state index in [0.717, 1.165) is 0 Å². The summed E-state index contributed by atoms with van der Waals surface area (Å²) in [6, 6.07) is 4.55. The van der Waals surface area contributed by atoms with Gasteiger partial charge in [0.15, 0.2) is 0 Å². The van der Waals surface area contributed by atoms with Gasteiger partial charge in [-0.05, 0) is 24.1 Å². The van der Waals surface area contributed by atoms with E-state index in [1.54, 1.807) is 6.07 Å². The molecule has 0 aliphatic rings. The molecule has 1 amide bonds. The zero-order valence-corrected chi connectivity index (χ0v) is 11.9. The Balaban J connectivity index is 2.21. The van der Waals surface area contributed by atoms with Gasteiger partial charge in [-0.25, -0.2) is 4.39 Å². The fraction of sp³-hybridized carbons (Fsp3) is 0.308. The second-order valence-corrected chi connectivity index (χ2v) is 5.45. The smallest absolute Gasteiger partial charge is 0.267 e. The molecular formula is C13H14BrFN2O2. The minimum atomic E-state index is -0.386. The summed E-state index contributed by atoms with van der Waals surface area (Å²) < 4.78 is 14.3. The van der Waals surface area contributed by atoms with Crippen molar-refractivity contribution in [3.05, 3.63) is 34.2 Å². The molecule has 0 aliphatic heterocycles. The van der Waals surface area contributed by atoms with E-state index in [2.05, 4.69) is 26.2 Å². The first-order valence-corrected chi connectivity index (χ1v) is 6.67. The van der Waals surface area contributed by atoms with E-state index in [1.165, 1.54) is 12.1 Å². The zero-order valence-electron chi connectivity index (χ0n) is 10.3. The molecule has 2 aromatic rings. The van der Waals surface area contributed by atoms with Crippen LogP contribution in [0.2, 0.25) is 0 Å². The molecule has 0 saturated carbocycles. The molecule has 6 heteroatoms. The molecule has 1 unspecified atom stereocenters. The van der Waals surface area contributed by atoms with E-state index in [4.69, 9.17) is 5.11 Å².